The summed E-state index contributed by atoms with van der Waals surface area (Å²) >= 11 is 0. The number of hydrogen-bond acceptors (Lipinski definition) is 3. The lowest BCUT2D eigenvalue weighted by molar-refractivity contribution is -0.120. The maximum atomic E-state index is 11.9. The van der Waals surface area contributed by atoms with Crippen molar-refractivity contribution < 1.29 is 14.3 Å². The number of rotatable bonds is 6. The summed E-state index contributed by atoms with van der Waals surface area (Å²) in [5.74, 6) is -0.180. The lowest BCUT2D eigenvalue weighted by atomic mass is 10.2. The highest BCUT2D eigenvalue weighted by Crippen LogP contribution is 2.15. The molecule has 2 aromatic rings. The summed E-state index contributed by atoms with van der Waals surface area (Å²) in [6.07, 6.45) is 3.16. The van der Waals surface area contributed by atoms with E-state index < -0.39 is 5.91 Å². The topological polar surface area (TPSA) is 81.4 Å². The van der Waals surface area contributed by atoms with Crippen LogP contribution in [0.1, 0.15) is 11.1 Å². The van der Waals surface area contributed by atoms with Gasteiger partial charge < -0.3 is 15.8 Å². The second-order valence-corrected chi connectivity index (χ2v) is 4.96. The molecule has 3 N–H and O–H groups in total. The van der Waals surface area contributed by atoms with E-state index in [4.69, 9.17) is 10.5 Å². The van der Waals surface area contributed by atoms with Gasteiger partial charge in [0.25, 0.3) is 5.91 Å². The van der Waals surface area contributed by atoms with Gasteiger partial charge in [0, 0.05) is 11.8 Å². The fraction of sp³-hybridized carbons (Fsp3) is 0.111. The number of amides is 2. The third-order valence-electron chi connectivity index (χ3n) is 3.09. The normalized spacial score (nSPS) is 10.5. The minimum atomic E-state index is -0.526. The molecule has 0 unspecified atom stereocenters. The Hall–Kier alpha value is -3.08. The Kier molecular flexibility index (Phi) is 5.52. The van der Waals surface area contributed by atoms with E-state index in [1.54, 1.807) is 30.3 Å². The van der Waals surface area contributed by atoms with E-state index in [-0.39, 0.29) is 12.5 Å². The van der Waals surface area contributed by atoms with Crippen LogP contribution in [0.5, 0.6) is 5.75 Å². The minimum absolute atomic E-state index is 0.159. The summed E-state index contributed by atoms with van der Waals surface area (Å²) in [5.41, 5.74) is 7.64. The van der Waals surface area contributed by atoms with Gasteiger partial charge in [0.1, 0.15) is 5.75 Å². The highest BCUT2D eigenvalue weighted by atomic mass is 16.5. The number of nitrogens with two attached hydrogens (primary N) is 1. The molecule has 0 aliphatic heterocycles. The first-order valence-corrected chi connectivity index (χ1v) is 7.10. The second-order valence-electron chi connectivity index (χ2n) is 4.96. The molecule has 0 heterocycles. The van der Waals surface area contributed by atoms with E-state index in [0.29, 0.717) is 5.75 Å². The molecule has 118 valence electrons. The zero-order chi connectivity index (χ0) is 16.7. The van der Waals surface area contributed by atoms with Crippen LogP contribution in [0.3, 0.4) is 0 Å². The lowest BCUT2D eigenvalue weighted by Crippen LogP contribution is -2.19. The van der Waals surface area contributed by atoms with Crippen LogP contribution in [-0.4, -0.2) is 18.4 Å². The fourth-order valence-electron chi connectivity index (χ4n) is 1.89. The number of nitrogens with one attached hydrogen (secondary N) is 1. The van der Waals surface area contributed by atoms with Gasteiger partial charge in [-0.1, -0.05) is 30.3 Å². The number of benzene rings is 2. The quantitative estimate of drug-likeness (QED) is 0.804. The van der Waals surface area contributed by atoms with E-state index in [0.717, 1.165) is 16.8 Å². The Morgan fingerprint density at radius 1 is 1.13 bits per heavy atom. The number of carbonyl (C=O) groups excluding carboxylic acids is 2. The van der Waals surface area contributed by atoms with Gasteiger partial charge in [-0.05, 0) is 42.3 Å². The van der Waals surface area contributed by atoms with Crippen LogP contribution in [0.2, 0.25) is 0 Å². The van der Waals surface area contributed by atoms with Gasteiger partial charge in [-0.15, -0.1) is 0 Å². The predicted molar refractivity (Wildman–Crippen MR) is 90.0 cm³/mol. The van der Waals surface area contributed by atoms with E-state index >= 15 is 0 Å². The van der Waals surface area contributed by atoms with E-state index in [1.807, 2.05) is 31.2 Å². The molecule has 5 nitrogen and oxygen atoms in total. The SMILES string of the molecule is Cc1ccccc1NC(=O)/C=C/c1ccc(OCC(N)=O)cc1. The summed E-state index contributed by atoms with van der Waals surface area (Å²) in [4.78, 5) is 22.5. The average Bonchev–Trinajstić information content (AvgIpc) is 2.54. The molecule has 2 rings (SSSR count). The van der Waals surface area contributed by atoms with Crippen LogP contribution >= 0.6 is 0 Å². The third-order valence-corrected chi connectivity index (χ3v) is 3.09. The summed E-state index contributed by atoms with van der Waals surface area (Å²) in [5, 5.41) is 2.82. The molecule has 2 amide bonds. The van der Waals surface area contributed by atoms with Gasteiger partial charge in [0.2, 0.25) is 5.91 Å². The first-order chi connectivity index (χ1) is 11.0. The highest BCUT2D eigenvalue weighted by Gasteiger charge is 2.01. The number of para-hydroxylation sites is 1. The maximum absolute atomic E-state index is 11.9. The van der Waals surface area contributed by atoms with Gasteiger partial charge in [-0.3, -0.25) is 9.59 Å². The molecule has 2 aromatic carbocycles. The highest BCUT2D eigenvalue weighted by molar-refractivity contribution is 6.02. The van der Waals surface area contributed by atoms with E-state index in [2.05, 4.69) is 5.32 Å². The Morgan fingerprint density at radius 3 is 2.48 bits per heavy atom. The molecule has 0 saturated heterocycles. The summed E-state index contributed by atoms with van der Waals surface area (Å²) in [7, 11) is 0. The molecule has 5 heteroatoms. The molecule has 0 saturated carbocycles. The van der Waals surface area contributed by atoms with Gasteiger partial charge >= 0.3 is 0 Å². The van der Waals surface area contributed by atoms with Crippen molar-refractivity contribution >= 4 is 23.6 Å². The van der Waals surface area contributed by atoms with Crippen molar-refractivity contribution in [3.63, 3.8) is 0 Å². The van der Waals surface area contributed by atoms with Crippen molar-refractivity contribution in [1.29, 1.82) is 0 Å². The van der Waals surface area contributed by atoms with Gasteiger partial charge in [-0.2, -0.15) is 0 Å². The average molecular weight is 310 g/mol. The van der Waals surface area contributed by atoms with Gasteiger partial charge in [0.15, 0.2) is 6.61 Å². The van der Waals surface area contributed by atoms with E-state index in [1.165, 1.54) is 6.08 Å². The van der Waals surface area contributed by atoms with Crippen molar-refractivity contribution in [2.24, 2.45) is 5.73 Å². The van der Waals surface area contributed by atoms with Crippen LogP contribution in [0.15, 0.2) is 54.6 Å². The summed E-state index contributed by atoms with van der Waals surface area (Å²) in [6.45, 7) is 1.78. The first-order valence-electron chi connectivity index (χ1n) is 7.10. The fourth-order valence-corrected chi connectivity index (χ4v) is 1.89. The van der Waals surface area contributed by atoms with Crippen LogP contribution < -0.4 is 15.8 Å². The van der Waals surface area contributed by atoms with Gasteiger partial charge in [0.05, 0.1) is 0 Å². The van der Waals surface area contributed by atoms with Crippen LogP contribution in [0.25, 0.3) is 6.08 Å². The largest absolute Gasteiger partial charge is 0.484 e. The number of hydrogen-bond donors (Lipinski definition) is 2. The molecule has 0 bridgehead atoms. The molecule has 0 aliphatic carbocycles. The second kappa shape index (κ2) is 7.79. The summed E-state index contributed by atoms with van der Waals surface area (Å²) in [6, 6.07) is 14.6. The molecule has 23 heavy (non-hydrogen) atoms. The number of anilines is 1. The Morgan fingerprint density at radius 2 is 1.83 bits per heavy atom. The van der Waals surface area contributed by atoms with Crippen molar-refractivity contribution in [1.82, 2.24) is 0 Å². The van der Waals surface area contributed by atoms with Crippen molar-refractivity contribution in [2.75, 3.05) is 11.9 Å². The minimum Gasteiger partial charge on any atom is -0.484 e. The molecule has 0 spiro atoms. The molecule has 0 fully saturated rings. The smallest absolute Gasteiger partial charge is 0.255 e. The Balaban J connectivity index is 1.93. The molecule has 0 aliphatic rings. The molecule has 0 aromatic heterocycles. The lowest BCUT2D eigenvalue weighted by Gasteiger charge is -2.05. The third kappa shape index (κ3) is 5.32. The molecular formula is C18H18N2O3. The number of ether oxygens (including phenoxy) is 1. The Bertz CT molecular complexity index is 721. The molecular weight excluding hydrogens is 292 g/mol. The number of aryl methyl sites for hydroxylation is 1. The standard InChI is InChI=1S/C18H18N2O3/c1-13-4-2-3-5-16(13)20-18(22)11-8-14-6-9-15(10-7-14)23-12-17(19)21/h2-11H,12H2,1H3,(H2,19,21)(H,20,22)/b11-8+. The predicted octanol–water partition coefficient (Wildman–Crippen LogP) is 2.51. The van der Waals surface area contributed by atoms with Crippen LogP contribution in [0, 0.1) is 6.92 Å². The first kappa shape index (κ1) is 16.3. The zero-order valence-electron chi connectivity index (χ0n) is 12.8. The number of primary amides is 1. The number of carbonyl (C=O) groups is 2. The monoisotopic (exact) mass is 310 g/mol. The van der Waals surface area contributed by atoms with Crippen LogP contribution in [0.4, 0.5) is 5.69 Å². The van der Waals surface area contributed by atoms with Crippen LogP contribution in [-0.2, 0) is 9.59 Å². The van der Waals surface area contributed by atoms with Gasteiger partial charge in [-0.25, -0.2) is 0 Å². The summed E-state index contributed by atoms with van der Waals surface area (Å²) < 4.78 is 5.16. The van der Waals surface area contributed by atoms with Crippen molar-refractivity contribution in [3.8, 4) is 5.75 Å². The van der Waals surface area contributed by atoms with E-state index in [9.17, 15) is 9.59 Å². The Labute approximate surface area is 134 Å². The zero-order valence-corrected chi connectivity index (χ0v) is 12.8. The van der Waals surface area contributed by atoms with Crippen molar-refractivity contribution in [2.45, 2.75) is 6.92 Å². The maximum Gasteiger partial charge on any atom is 0.255 e. The molecule has 0 radical (unpaired) electrons. The molecule has 0 atom stereocenters. The van der Waals surface area contributed by atoms with Crippen molar-refractivity contribution in [3.05, 3.63) is 65.7 Å².